The Labute approximate surface area is 298 Å². The second-order valence-electron chi connectivity index (χ2n) is 10.7. The van der Waals surface area contributed by atoms with Gasteiger partial charge in [-0.15, -0.1) is 0 Å². The van der Waals surface area contributed by atoms with Gasteiger partial charge in [0.1, 0.15) is 6.61 Å². The number of rotatable bonds is 10. The van der Waals surface area contributed by atoms with E-state index in [-0.39, 0.29) is 30.5 Å². The molecule has 8 nitrogen and oxygen atoms in total. The molecule has 0 N–H and O–H groups in total. The normalized spacial score (nSPS) is 14.6. The molecule has 0 unspecified atom stereocenters. The maximum Gasteiger partial charge on any atom is 0.338 e. The molecule has 0 saturated carbocycles. The highest BCUT2D eigenvalue weighted by atomic mass is 79.9. The largest absolute Gasteiger partial charge is 0.493 e. The molecule has 0 fully saturated rings. The summed E-state index contributed by atoms with van der Waals surface area (Å²) in [6, 6.07) is 13.2. The molecule has 1 aromatic heterocycles. The number of hydrogen-bond donors (Lipinski definition) is 0. The van der Waals surface area contributed by atoms with Crippen LogP contribution in [-0.4, -0.2) is 30.4 Å². The number of hydrogen-bond acceptors (Lipinski definition) is 8. The molecular weight excluding hydrogens is 751 g/mol. The monoisotopic (exact) mass is 778 g/mol. The maximum absolute atomic E-state index is 14.1. The first kappa shape index (κ1) is 35.0. The van der Waals surface area contributed by atoms with Gasteiger partial charge in [-0.05, 0) is 97.2 Å². The fourth-order valence-corrected chi connectivity index (χ4v) is 7.55. The Morgan fingerprint density at radius 1 is 1.09 bits per heavy atom. The molecule has 13 heteroatoms. The van der Waals surface area contributed by atoms with Crippen LogP contribution in [0.1, 0.15) is 50.4 Å². The minimum atomic E-state index is -0.819. The molecule has 0 bridgehead atoms. The van der Waals surface area contributed by atoms with Crippen molar-refractivity contribution in [1.82, 2.24) is 4.57 Å². The Hall–Kier alpha value is -3.28. The Balaban J connectivity index is 1.57. The van der Waals surface area contributed by atoms with E-state index in [9.17, 15) is 9.59 Å². The van der Waals surface area contributed by atoms with Crippen molar-refractivity contribution in [3.05, 3.63) is 116 Å². The third-order valence-corrected chi connectivity index (χ3v) is 9.53. The van der Waals surface area contributed by atoms with E-state index in [1.165, 1.54) is 23.0 Å². The standard InChI is InChI=1S/C34H30BrCl3N2O6S/c1-6-44-33(42)29-18(4)39-34-40(30(29)20-8-10-26(46-17(2)3)27(14-20)43-5)32(41)28(47-34)13-19-11-23(35)31(25(38)12-19)45-16-21-7-9-22(36)15-24(21)37/h7-15,17,30H,6,16H2,1-5H3/b28-13-/t30-/m0/s1. The third-order valence-electron chi connectivity index (χ3n) is 7.09. The number of thiazole rings is 1. The Bertz CT molecular complexity index is 2050. The average molecular weight is 781 g/mol. The summed E-state index contributed by atoms with van der Waals surface area (Å²) in [5.41, 5.74) is 2.42. The number of ether oxygens (including phenoxy) is 4. The number of halogens is 4. The van der Waals surface area contributed by atoms with Gasteiger partial charge in [0, 0.05) is 15.6 Å². The molecule has 0 radical (unpaired) electrons. The summed E-state index contributed by atoms with van der Waals surface area (Å²) in [6.07, 6.45) is 1.64. The van der Waals surface area contributed by atoms with Crippen molar-refractivity contribution in [2.75, 3.05) is 13.7 Å². The zero-order valence-corrected chi connectivity index (χ0v) is 30.7. The van der Waals surface area contributed by atoms with Crippen LogP contribution in [0, 0.1) is 0 Å². The first-order valence-electron chi connectivity index (χ1n) is 14.5. The van der Waals surface area contributed by atoms with E-state index in [4.69, 9.17) is 53.8 Å². The lowest BCUT2D eigenvalue weighted by molar-refractivity contribution is -0.139. The van der Waals surface area contributed by atoms with Gasteiger partial charge in [0.25, 0.3) is 5.56 Å². The molecule has 4 aromatic rings. The summed E-state index contributed by atoms with van der Waals surface area (Å²) in [4.78, 5) is 32.5. The highest BCUT2D eigenvalue weighted by Gasteiger charge is 2.34. The number of aromatic nitrogens is 1. The fraction of sp³-hybridized carbons (Fsp3) is 0.265. The number of methoxy groups -OCH3 is 1. The van der Waals surface area contributed by atoms with Crippen LogP contribution in [0.5, 0.6) is 17.2 Å². The first-order valence-corrected chi connectivity index (χ1v) is 17.3. The topological polar surface area (TPSA) is 88.4 Å². The van der Waals surface area contributed by atoms with Gasteiger partial charge in [-0.1, -0.05) is 58.3 Å². The van der Waals surface area contributed by atoms with Crippen molar-refractivity contribution >= 4 is 74.1 Å². The zero-order chi connectivity index (χ0) is 34.0. The Morgan fingerprint density at radius 3 is 2.51 bits per heavy atom. The van der Waals surface area contributed by atoms with Crippen LogP contribution in [0.15, 0.2) is 74.1 Å². The lowest BCUT2D eigenvalue weighted by atomic mass is 9.95. The zero-order valence-electron chi connectivity index (χ0n) is 26.0. The van der Waals surface area contributed by atoms with Crippen LogP contribution < -0.4 is 29.1 Å². The predicted molar refractivity (Wildman–Crippen MR) is 189 cm³/mol. The molecule has 0 saturated heterocycles. The summed E-state index contributed by atoms with van der Waals surface area (Å²) in [5, 5.41) is 1.34. The second-order valence-corrected chi connectivity index (χ2v) is 13.8. The molecule has 47 heavy (non-hydrogen) atoms. The van der Waals surface area contributed by atoms with Crippen molar-refractivity contribution < 1.29 is 23.7 Å². The minimum Gasteiger partial charge on any atom is -0.493 e. The summed E-state index contributed by atoms with van der Waals surface area (Å²) in [7, 11) is 1.54. The van der Waals surface area contributed by atoms with E-state index in [0.29, 0.717) is 62.9 Å². The van der Waals surface area contributed by atoms with Crippen LogP contribution in [0.4, 0.5) is 0 Å². The predicted octanol–water partition coefficient (Wildman–Crippen LogP) is 7.90. The fourth-order valence-electron chi connectivity index (χ4n) is 5.05. The van der Waals surface area contributed by atoms with Crippen LogP contribution in [-0.2, 0) is 16.1 Å². The van der Waals surface area contributed by atoms with Gasteiger partial charge < -0.3 is 18.9 Å². The average Bonchev–Trinajstić information content (AvgIpc) is 3.30. The van der Waals surface area contributed by atoms with Gasteiger partial charge in [-0.25, -0.2) is 9.79 Å². The summed E-state index contributed by atoms with van der Waals surface area (Å²) in [5.74, 6) is 0.880. The van der Waals surface area contributed by atoms with Gasteiger partial charge in [-0.3, -0.25) is 9.36 Å². The van der Waals surface area contributed by atoms with E-state index in [2.05, 4.69) is 20.9 Å². The van der Waals surface area contributed by atoms with Crippen LogP contribution in [0.25, 0.3) is 6.08 Å². The maximum atomic E-state index is 14.1. The van der Waals surface area contributed by atoms with Gasteiger partial charge in [0.05, 0.1) is 51.2 Å². The van der Waals surface area contributed by atoms with Crippen molar-refractivity contribution in [3.63, 3.8) is 0 Å². The first-order chi connectivity index (χ1) is 22.4. The van der Waals surface area contributed by atoms with E-state index in [0.717, 1.165) is 5.56 Å². The van der Waals surface area contributed by atoms with E-state index in [1.54, 1.807) is 62.4 Å². The van der Waals surface area contributed by atoms with E-state index in [1.807, 2.05) is 19.9 Å². The van der Waals surface area contributed by atoms with Crippen LogP contribution in [0.3, 0.4) is 0 Å². The van der Waals surface area contributed by atoms with E-state index >= 15 is 0 Å². The molecule has 1 aliphatic rings. The smallest absolute Gasteiger partial charge is 0.338 e. The Morgan fingerprint density at radius 2 is 1.85 bits per heavy atom. The number of allylic oxidation sites excluding steroid dienone is 1. The molecule has 3 aromatic carbocycles. The molecule has 1 atom stereocenters. The summed E-state index contributed by atoms with van der Waals surface area (Å²) in [6.45, 7) is 7.63. The van der Waals surface area contributed by atoms with Crippen molar-refractivity contribution in [3.8, 4) is 17.2 Å². The second kappa shape index (κ2) is 14.9. The van der Waals surface area contributed by atoms with Crippen molar-refractivity contribution in [2.24, 2.45) is 4.99 Å². The quantitative estimate of drug-likeness (QED) is 0.152. The van der Waals surface area contributed by atoms with Gasteiger partial charge in [0.15, 0.2) is 22.0 Å². The lowest BCUT2D eigenvalue weighted by Gasteiger charge is -2.25. The SMILES string of the molecule is CCOC(=O)C1=C(C)N=c2s/c(=C\c3cc(Cl)c(OCc4ccc(Cl)cc4Cl)c(Br)c3)c(=O)n2[C@H]1c1ccc(OC(C)C)c(OC)c1. The molecule has 0 aliphatic carbocycles. The Kier molecular flexibility index (Phi) is 11.1. The molecule has 2 heterocycles. The molecule has 5 rings (SSSR count). The molecule has 0 spiro atoms. The van der Waals surface area contributed by atoms with Crippen molar-refractivity contribution in [2.45, 2.75) is 46.4 Å². The third kappa shape index (κ3) is 7.57. The number of benzene rings is 3. The van der Waals surface area contributed by atoms with Crippen LogP contribution in [0.2, 0.25) is 15.1 Å². The highest BCUT2D eigenvalue weighted by Crippen LogP contribution is 2.38. The molecular formula is C34H30BrCl3N2O6S. The summed E-state index contributed by atoms with van der Waals surface area (Å²) >= 11 is 23.7. The van der Waals surface area contributed by atoms with Crippen LogP contribution >= 0.6 is 62.1 Å². The number of fused-ring (bicyclic) bond motifs is 1. The number of esters is 1. The number of carbonyl (C=O) groups excluding carboxylic acids is 1. The van der Waals surface area contributed by atoms with Gasteiger partial charge >= 0.3 is 5.97 Å². The highest BCUT2D eigenvalue weighted by molar-refractivity contribution is 9.10. The van der Waals surface area contributed by atoms with Crippen molar-refractivity contribution in [1.29, 1.82) is 0 Å². The minimum absolute atomic E-state index is 0.0826. The molecule has 0 amide bonds. The van der Waals surface area contributed by atoms with Gasteiger partial charge in [-0.2, -0.15) is 0 Å². The number of nitrogens with zero attached hydrogens (tertiary/aromatic N) is 2. The van der Waals surface area contributed by atoms with Gasteiger partial charge in [0.2, 0.25) is 0 Å². The molecule has 1 aliphatic heterocycles. The molecule has 246 valence electrons. The number of carbonyl (C=O) groups is 1. The van der Waals surface area contributed by atoms with E-state index < -0.39 is 12.0 Å². The summed E-state index contributed by atoms with van der Waals surface area (Å²) < 4.78 is 25.4. The lowest BCUT2D eigenvalue weighted by Crippen LogP contribution is -2.40.